The number of nitrogens with one attached hydrogen (secondary N) is 2. The Labute approximate surface area is 160 Å². The Bertz CT molecular complexity index is 1020. The first-order chi connectivity index (χ1) is 12.5. The van der Waals surface area contributed by atoms with Crippen LogP contribution in [-0.2, 0) is 17.9 Å². The molecule has 1 unspecified atom stereocenters. The molecule has 0 fully saturated rings. The number of thiazole rings is 1. The molecule has 2 aromatic heterocycles. The van der Waals surface area contributed by atoms with Crippen LogP contribution in [0.2, 0.25) is 4.47 Å². The summed E-state index contributed by atoms with van der Waals surface area (Å²) in [6.07, 6.45) is 3.18. The van der Waals surface area contributed by atoms with Crippen LogP contribution in [0, 0.1) is 0 Å². The summed E-state index contributed by atoms with van der Waals surface area (Å²) in [5.41, 5.74) is 1.00. The topological polar surface area (TPSA) is 99.1 Å². The number of nitrogens with zero attached hydrogens (tertiary/aromatic N) is 2. The van der Waals surface area contributed by atoms with Crippen molar-refractivity contribution in [2.75, 3.05) is 5.32 Å². The third-order valence-corrected chi connectivity index (χ3v) is 6.27. The molecule has 3 aromatic rings. The Kier molecular flexibility index (Phi) is 4.45. The standard InChI is InChI=1S/C16H11ClN4O3S2/c17-16-19-8-10(25-16)7-18-14(22)9-3-4-13-11(6-9)20-15(23)12-2-1-5-21(12)26(13)24/h1-6,8H,7H2,(H,18,22)(H,20,23). The fourth-order valence-electron chi connectivity index (χ4n) is 2.53. The minimum atomic E-state index is -1.57. The molecule has 1 aliphatic heterocycles. The number of rotatable bonds is 3. The van der Waals surface area contributed by atoms with Gasteiger partial charge in [0.25, 0.3) is 11.8 Å². The molecule has 2 N–H and O–H groups in total. The van der Waals surface area contributed by atoms with Crippen molar-refractivity contribution in [1.29, 1.82) is 0 Å². The minimum Gasteiger partial charge on any atom is -0.587 e. The highest BCUT2D eigenvalue weighted by Gasteiger charge is 2.30. The van der Waals surface area contributed by atoms with E-state index in [-0.39, 0.29) is 11.8 Å². The van der Waals surface area contributed by atoms with Gasteiger partial charge in [-0.1, -0.05) is 11.6 Å². The van der Waals surface area contributed by atoms with Crippen LogP contribution in [-0.4, -0.2) is 25.3 Å². The SMILES string of the molecule is O=C(NCc1cnc(Cl)s1)c1ccc2c(c1)NC(=O)c1cccn1[S+]2[O-]. The van der Waals surface area contributed by atoms with Crippen molar-refractivity contribution in [3.8, 4) is 0 Å². The maximum absolute atomic E-state index is 12.7. The highest BCUT2D eigenvalue weighted by Crippen LogP contribution is 2.29. The van der Waals surface area contributed by atoms with E-state index < -0.39 is 11.4 Å². The zero-order valence-corrected chi connectivity index (χ0v) is 15.5. The summed E-state index contributed by atoms with van der Waals surface area (Å²) in [7, 11) is 0. The highest BCUT2D eigenvalue weighted by atomic mass is 35.5. The second-order valence-electron chi connectivity index (χ2n) is 5.40. The summed E-state index contributed by atoms with van der Waals surface area (Å²) in [4.78, 5) is 29.8. The molecule has 2 amide bonds. The van der Waals surface area contributed by atoms with E-state index in [1.165, 1.54) is 21.4 Å². The van der Waals surface area contributed by atoms with E-state index in [0.717, 1.165) is 4.88 Å². The Hall–Kier alpha value is -2.33. The van der Waals surface area contributed by atoms with Crippen LogP contribution >= 0.6 is 22.9 Å². The molecule has 7 nitrogen and oxygen atoms in total. The van der Waals surface area contributed by atoms with E-state index in [2.05, 4.69) is 15.6 Å². The van der Waals surface area contributed by atoms with Crippen molar-refractivity contribution in [2.24, 2.45) is 0 Å². The number of halogens is 1. The van der Waals surface area contributed by atoms with Gasteiger partial charge < -0.3 is 15.2 Å². The molecule has 10 heteroatoms. The highest BCUT2D eigenvalue weighted by molar-refractivity contribution is 7.90. The summed E-state index contributed by atoms with van der Waals surface area (Å²) in [6, 6.07) is 7.93. The van der Waals surface area contributed by atoms with Gasteiger partial charge in [-0.2, -0.15) is 3.97 Å². The summed E-state index contributed by atoms with van der Waals surface area (Å²) in [6.45, 7) is 0.296. The third kappa shape index (κ3) is 3.10. The van der Waals surface area contributed by atoms with E-state index in [1.807, 2.05) is 0 Å². The quantitative estimate of drug-likeness (QED) is 0.653. The number of carbonyl (C=O) groups is 2. The molecule has 0 saturated heterocycles. The van der Waals surface area contributed by atoms with Crippen molar-refractivity contribution in [1.82, 2.24) is 14.3 Å². The molecule has 0 aliphatic carbocycles. The molecule has 4 rings (SSSR count). The Morgan fingerprint density at radius 3 is 3.04 bits per heavy atom. The summed E-state index contributed by atoms with van der Waals surface area (Å²) < 4.78 is 14.5. The van der Waals surface area contributed by atoms with Gasteiger partial charge in [-0.05, 0) is 30.3 Å². The molecular formula is C16H11ClN4O3S2. The van der Waals surface area contributed by atoms with Gasteiger partial charge in [-0.25, -0.2) is 4.98 Å². The van der Waals surface area contributed by atoms with Crippen LogP contribution in [0.3, 0.4) is 0 Å². The molecule has 0 bridgehead atoms. The van der Waals surface area contributed by atoms with Crippen molar-refractivity contribution in [2.45, 2.75) is 11.4 Å². The Morgan fingerprint density at radius 2 is 2.27 bits per heavy atom. The van der Waals surface area contributed by atoms with Gasteiger partial charge in [0.05, 0.1) is 12.7 Å². The van der Waals surface area contributed by atoms with Crippen LogP contribution in [0.1, 0.15) is 25.7 Å². The second kappa shape index (κ2) is 6.76. The average molecular weight is 407 g/mol. The van der Waals surface area contributed by atoms with E-state index >= 15 is 0 Å². The number of benzene rings is 1. The lowest BCUT2D eigenvalue weighted by molar-refractivity contribution is 0.0949. The molecule has 1 aliphatic rings. The summed E-state index contributed by atoms with van der Waals surface area (Å²) in [5.74, 6) is -0.694. The number of amides is 2. The number of aromatic nitrogens is 2. The molecule has 132 valence electrons. The molecule has 0 radical (unpaired) electrons. The third-order valence-electron chi connectivity index (χ3n) is 3.75. The molecule has 1 atom stereocenters. The van der Waals surface area contributed by atoms with Crippen LogP contribution in [0.25, 0.3) is 0 Å². The first kappa shape index (κ1) is 17.1. The molecule has 3 heterocycles. The summed E-state index contributed by atoms with van der Waals surface area (Å²) in [5, 5.41) is 5.47. The number of hydrogen-bond acceptors (Lipinski definition) is 5. The van der Waals surface area contributed by atoms with Crippen LogP contribution in [0.5, 0.6) is 0 Å². The van der Waals surface area contributed by atoms with Gasteiger partial charge in [0, 0.05) is 16.6 Å². The second-order valence-corrected chi connectivity index (χ2v) is 8.42. The van der Waals surface area contributed by atoms with E-state index in [9.17, 15) is 14.1 Å². The predicted molar refractivity (Wildman–Crippen MR) is 98.9 cm³/mol. The lowest BCUT2D eigenvalue weighted by Gasteiger charge is -2.12. The molecule has 0 spiro atoms. The molecular weight excluding hydrogens is 396 g/mol. The van der Waals surface area contributed by atoms with Crippen LogP contribution in [0.4, 0.5) is 5.69 Å². The smallest absolute Gasteiger partial charge is 0.277 e. The van der Waals surface area contributed by atoms with E-state index in [1.54, 1.807) is 36.7 Å². The van der Waals surface area contributed by atoms with E-state index in [4.69, 9.17) is 11.6 Å². The number of hydrogen-bond donors (Lipinski definition) is 2. The zero-order valence-electron chi connectivity index (χ0n) is 13.1. The lowest BCUT2D eigenvalue weighted by atomic mass is 10.2. The van der Waals surface area contributed by atoms with E-state index in [0.29, 0.717) is 32.9 Å². The summed E-state index contributed by atoms with van der Waals surface area (Å²) >= 11 is 5.48. The van der Waals surface area contributed by atoms with Crippen LogP contribution in [0.15, 0.2) is 47.6 Å². The Morgan fingerprint density at radius 1 is 1.42 bits per heavy atom. The number of anilines is 1. The fraction of sp³-hybridized carbons (Fsp3) is 0.0625. The first-order valence-corrected chi connectivity index (χ1v) is 9.76. The maximum atomic E-state index is 12.7. The largest absolute Gasteiger partial charge is 0.587 e. The Balaban J connectivity index is 1.58. The normalized spacial score (nSPS) is 15.6. The maximum Gasteiger partial charge on any atom is 0.277 e. The predicted octanol–water partition coefficient (Wildman–Crippen LogP) is 2.66. The van der Waals surface area contributed by atoms with Crippen molar-refractivity contribution in [3.63, 3.8) is 0 Å². The van der Waals surface area contributed by atoms with Gasteiger partial charge in [-0.15, -0.1) is 11.3 Å². The van der Waals surface area contributed by atoms with Gasteiger partial charge in [0.2, 0.25) is 4.90 Å². The van der Waals surface area contributed by atoms with Gasteiger partial charge in [0.1, 0.15) is 17.0 Å². The first-order valence-electron chi connectivity index (χ1n) is 7.46. The van der Waals surface area contributed by atoms with Crippen LogP contribution < -0.4 is 10.6 Å². The fourth-order valence-corrected chi connectivity index (χ4v) is 4.65. The lowest BCUT2D eigenvalue weighted by Crippen LogP contribution is -2.22. The van der Waals surface area contributed by atoms with Crippen molar-refractivity contribution >= 4 is 51.8 Å². The number of fused-ring (bicyclic) bond motifs is 2. The minimum absolute atomic E-state index is 0.296. The molecule has 1 aromatic carbocycles. The average Bonchev–Trinajstić information content (AvgIpc) is 3.26. The molecule has 26 heavy (non-hydrogen) atoms. The molecule has 0 saturated carbocycles. The monoisotopic (exact) mass is 406 g/mol. The zero-order chi connectivity index (χ0) is 18.3. The van der Waals surface area contributed by atoms with Gasteiger partial charge in [0.15, 0.2) is 10.2 Å². The van der Waals surface area contributed by atoms with Crippen molar-refractivity contribution in [3.05, 3.63) is 63.3 Å². The van der Waals surface area contributed by atoms with Gasteiger partial charge in [-0.3, -0.25) is 9.59 Å². The van der Waals surface area contributed by atoms with Gasteiger partial charge >= 0.3 is 0 Å². The number of carbonyl (C=O) groups excluding carboxylic acids is 2. The van der Waals surface area contributed by atoms with Crippen molar-refractivity contribution < 1.29 is 14.1 Å².